The molecule has 0 saturated carbocycles. The van der Waals surface area contributed by atoms with Crippen LogP contribution in [0.4, 0.5) is 24.7 Å². The van der Waals surface area contributed by atoms with Crippen LogP contribution >= 0.6 is 0 Å². The highest BCUT2D eigenvalue weighted by molar-refractivity contribution is 5.95. The number of piperazine rings is 1. The molecule has 1 N–H and O–H groups in total. The summed E-state index contributed by atoms with van der Waals surface area (Å²) < 4.78 is 45.5. The fourth-order valence-corrected chi connectivity index (χ4v) is 5.11. The van der Waals surface area contributed by atoms with Crippen LogP contribution in [-0.2, 0) is 15.7 Å². The molecule has 2 fully saturated rings. The Morgan fingerprint density at radius 3 is 2.43 bits per heavy atom. The van der Waals surface area contributed by atoms with Gasteiger partial charge in [-0.1, -0.05) is 18.2 Å². The maximum absolute atomic E-state index is 13.4. The first-order valence-electron chi connectivity index (χ1n) is 12.4. The van der Waals surface area contributed by atoms with Gasteiger partial charge in [-0.2, -0.15) is 18.3 Å². The van der Waals surface area contributed by atoms with Crippen molar-refractivity contribution in [2.24, 2.45) is 5.92 Å². The van der Waals surface area contributed by atoms with Gasteiger partial charge >= 0.3 is 6.18 Å². The Morgan fingerprint density at radius 2 is 1.78 bits per heavy atom. The molecule has 0 radical (unpaired) electrons. The van der Waals surface area contributed by atoms with Crippen molar-refractivity contribution in [2.45, 2.75) is 33.0 Å². The van der Waals surface area contributed by atoms with Crippen LogP contribution in [-0.4, -0.2) is 60.4 Å². The van der Waals surface area contributed by atoms with Crippen molar-refractivity contribution in [2.75, 3.05) is 49.6 Å². The van der Waals surface area contributed by atoms with E-state index in [-0.39, 0.29) is 17.4 Å². The van der Waals surface area contributed by atoms with Gasteiger partial charge in [0.2, 0.25) is 5.91 Å². The quantitative estimate of drug-likeness (QED) is 0.532. The Hall–Kier alpha value is -3.40. The number of nitrogens with zero attached hydrogens (tertiary/aromatic N) is 4. The lowest BCUT2D eigenvalue weighted by Gasteiger charge is -2.39. The molecule has 10 heteroatoms. The summed E-state index contributed by atoms with van der Waals surface area (Å²) in [6.45, 7) is 8.95. The molecule has 2 aromatic carbocycles. The predicted molar refractivity (Wildman–Crippen MR) is 136 cm³/mol. The van der Waals surface area contributed by atoms with Gasteiger partial charge < -0.3 is 19.9 Å². The molecule has 2 saturated heterocycles. The zero-order chi connectivity index (χ0) is 26.3. The first kappa shape index (κ1) is 25.3. The number of halogens is 3. The van der Waals surface area contributed by atoms with Gasteiger partial charge in [0.05, 0.1) is 36.4 Å². The normalized spacial score (nSPS) is 17.6. The van der Waals surface area contributed by atoms with E-state index in [4.69, 9.17) is 4.74 Å². The Labute approximate surface area is 213 Å². The molecule has 1 aromatic heterocycles. The molecule has 2 aliphatic rings. The number of hydrogen-bond acceptors (Lipinski definition) is 6. The molecule has 1 amide bonds. The van der Waals surface area contributed by atoms with E-state index >= 15 is 0 Å². The summed E-state index contributed by atoms with van der Waals surface area (Å²) in [5.74, 6) is 0.677. The van der Waals surface area contributed by atoms with Crippen molar-refractivity contribution in [1.82, 2.24) is 15.1 Å². The van der Waals surface area contributed by atoms with E-state index in [1.807, 2.05) is 36.9 Å². The van der Waals surface area contributed by atoms with Crippen molar-refractivity contribution in [3.8, 4) is 0 Å². The fourth-order valence-electron chi connectivity index (χ4n) is 5.11. The molecule has 3 heterocycles. The Balaban J connectivity index is 1.38. The smallest absolute Gasteiger partial charge is 0.380 e. The fraction of sp³-hybridized carbons (Fsp3) is 0.444. The number of nitrogens with one attached hydrogen (secondary N) is 1. The number of hydrogen-bond donors (Lipinski definition) is 1. The highest BCUT2D eigenvalue weighted by Gasteiger charge is 2.34. The van der Waals surface area contributed by atoms with E-state index in [9.17, 15) is 18.0 Å². The second-order valence-electron chi connectivity index (χ2n) is 9.79. The van der Waals surface area contributed by atoms with Gasteiger partial charge in [0.15, 0.2) is 5.82 Å². The lowest BCUT2D eigenvalue weighted by atomic mass is 9.97. The van der Waals surface area contributed by atoms with Gasteiger partial charge in [-0.25, -0.2) is 0 Å². The first-order valence-corrected chi connectivity index (χ1v) is 12.4. The lowest BCUT2D eigenvalue weighted by molar-refractivity contribution is -0.150. The van der Waals surface area contributed by atoms with E-state index in [2.05, 4.69) is 20.4 Å². The highest BCUT2D eigenvalue weighted by Crippen LogP contribution is 2.36. The molecular weight excluding hydrogens is 483 g/mol. The topological polar surface area (TPSA) is 70.6 Å². The number of ether oxygens (including phenoxy) is 1. The molecule has 1 atom stereocenters. The minimum atomic E-state index is -4.41. The van der Waals surface area contributed by atoms with E-state index in [1.54, 1.807) is 6.07 Å². The maximum atomic E-state index is 13.4. The Kier molecular flexibility index (Phi) is 6.70. The predicted octanol–water partition coefficient (Wildman–Crippen LogP) is 4.73. The molecule has 0 spiro atoms. The van der Waals surface area contributed by atoms with Gasteiger partial charge in [-0.05, 0) is 50.1 Å². The highest BCUT2D eigenvalue weighted by atomic mass is 19.4. The van der Waals surface area contributed by atoms with Gasteiger partial charge in [0.1, 0.15) is 0 Å². The number of aromatic nitrogens is 2. The third-order valence-corrected chi connectivity index (χ3v) is 7.39. The zero-order valence-corrected chi connectivity index (χ0v) is 21.1. The third-order valence-electron chi connectivity index (χ3n) is 7.39. The number of alkyl halides is 3. The number of carbonyl (C=O) groups is 1. The Bertz CT molecular complexity index is 1320. The summed E-state index contributed by atoms with van der Waals surface area (Å²) in [5, 5.41) is 13.7. The van der Waals surface area contributed by atoms with Crippen molar-refractivity contribution >= 4 is 28.2 Å². The molecule has 0 bridgehead atoms. The molecule has 0 unspecified atom stereocenters. The van der Waals surface area contributed by atoms with Crippen molar-refractivity contribution < 1.29 is 22.7 Å². The second-order valence-corrected chi connectivity index (χ2v) is 9.79. The minimum absolute atomic E-state index is 0.00940. The molecule has 0 aliphatic carbocycles. The molecular formula is C27H30F3N5O2. The number of fused-ring (bicyclic) bond motifs is 1. The minimum Gasteiger partial charge on any atom is -0.380 e. The van der Waals surface area contributed by atoms with Crippen molar-refractivity contribution in [3.63, 3.8) is 0 Å². The number of amides is 1. The van der Waals surface area contributed by atoms with Gasteiger partial charge in [0.25, 0.3) is 0 Å². The summed E-state index contributed by atoms with van der Waals surface area (Å²) in [5.41, 5.74) is 1.89. The number of anilines is 2. The van der Waals surface area contributed by atoms with Gasteiger partial charge in [-0.3, -0.25) is 4.79 Å². The second kappa shape index (κ2) is 9.81. The average molecular weight is 514 g/mol. The molecule has 37 heavy (non-hydrogen) atoms. The monoisotopic (exact) mass is 513 g/mol. The van der Waals surface area contributed by atoms with E-state index < -0.39 is 17.8 Å². The summed E-state index contributed by atoms with van der Waals surface area (Å²) in [6.07, 6.45) is -4.41. The number of carbonyl (C=O) groups excluding carboxylic acids is 1. The van der Waals surface area contributed by atoms with E-state index in [1.165, 1.54) is 13.0 Å². The van der Waals surface area contributed by atoms with Crippen LogP contribution < -0.4 is 10.2 Å². The van der Waals surface area contributed by atoms with Crippen LogP contribution in [0.25, 0.3) is 10.8 Å². The van der Waals surface area contributed by atoms with Crippen LogP contribution in [0.15, 0.2) is 36.4 Å². The van der Waals surface area contributed by atoms with Crippen LogP contribution in [0.3, 0.4) is 0 Å². The summed E-state index contributed by atoms with van der Waals surface area (Å²) in [6, 6.07) is 9.91. The SMILES string of the molecule is Cc1c([C@@H](C)Nc2nnc(C)c3ccc(N4CCN(C(=O)C5COC5)CC4)cc23)cccc1C(F)(F)F. The zero-order valence-electron chi connectivity index (χ0n) is 21.1. The van der Waals surface area contributed by atoms with Crippen LogP contribution in [0.1, 0.15) is 35.3 Å². The van der Waals surface area contributed by atoms with Gasteiger partial charge in [0, 0.05) is 42.6 Å². The average Bonchev–Trinajstić information content (AvgIpc) is 2.84. The number of rotatable bonds is 5. The van der Waals surface area contributed by atoms with Crippen molar-refractivity contribution in [1.29, 1.82) is 0 Å². The Morgan fingerprint density at radius 1 is 1.05 bits per heavy atom. The van der Waals surface area contributed by atoms with Crippen LogP contribution in [0, 0.1) is 19.8 Å². The summed E-state index contributed by atoms with van der Waals surface area (Å²) in [7, 11) is 0. The molecule has 7 nitrogen and oxygen atoms in total. The first-order chi connectivity index (χ1) is 17.6. The van der Waals surface area contributed by atoms with Crippen LogP contribution in [0.2, 0.25) is 0 Å². The lowest BCUT2D eigenvalue weighted by Crippen LogP contribution is -2.53. The molecule has 5 rings (SSSR count). The third kappa shape index (κ3) is 4.94. The summed E-state index contributed by atoms with van der Waals surface area (Å²) >= 11 is 0. The molecule has 196 valence electrons. The molecule has 2 aliphatic heterocycles. The molecule has 3 aromatic rings. The summed E-state index contributed by atoms with van der Waals surface area (Å²) in [4.78, 5) is 16.7. The van der Waals surface area contributed by atoms with E-state index in [0.29, 0.717) is 50.8 Å². The van der Waals surface area contributed by atoms with E-state index in [0.717, 1.165) is 28.2 Å². The number of benzene rings is 2. The maximum Gasteiger partial charge on any atom is 0.416 e. The number of aryl methyl sites for hydroxylation is 1. The van der Waals surface area contributed by atoms with Crippen LogP contribution in [0.5, 0.6) is 0 Å². The standard InChI is InChI=1S/C27H30F3N5O2/c1-16-21(5-4-6-24(16)27(28,29)30)17(2)31-25-23-13-20(7-8-22(23)18(3)32-33-25)34-9-11-35(12-10-34)26(36)19-14-37-15-19/h4-8,13,17,19H,9-12,14-15H2,1-3H3,(H,31,33)/t17-/m1/s1. The van der Waals surface area contributed by atoms with Gasteiger partial charge in [-0.15, -0.1) is 5.10 Å². The largest absolute Gasteiger partial charge is 0.416 e. The van der Waals surface area contributed by atoms with Crippen molar-refractivity contribution in [3.05, 3.63) is 58.8 Å².